The minimum absolute atomic E-state index is 0.834. The van der Waals surface area contributed by atoms with Crippen molar-refractivity contribution in [1.82, 2.24) is 4.98 Å². The third-order valence-corrected chi connectivity index (χ3v) is 2.17. The molecule has 2 heteroatoms. The summed E-state index contributed by atoms with van der Waals surface area (Å²) in [6.45, 7) is 2.07. The van der Waals surface area contributed by atoms with Gasteiger partial charge >= 0.3 is 0 Å². The van der Waals surface area contributed by atoms with E-state index in [1.54, 1.807) is 13.3 Å². The predicted molar refractivity (Wildman–Crippen MR) is 53.0 cm³/mol. The lowest BCUT2D eigenvalue weighted by Crippen LogP contribution is -1.88. The molecule has 13 heavy (non-hydrogen) atoms. The van der Waals surface area contributed by atoms with E-state index in [1.165, 1.54) is 5.56 Å². The summed E-state index contributed by atoms with van der Waals surface area (Å²) in [7, 11) is 1.67. The summed E-state index contributed by atoms with van der Waals surface area (Å²) in [5.74, 6) is 0.834. The number of hydrogen-bond donors (Lipinski definition) is 0. The Bertz CT molecular complexity index is 437. The van der Waals surface area contributed by atoms with Crippen LogP contribution in [-0.4, -0.2) is 12.1 Å². The standard InChI is InChI=1S/C11H11NO/c1-8-5-6-10(13-2)11-9(8)4-3-7-12-11/h3-7H,1-2H3. The lowest BCUT2D eigenvalue weighted by Gasteiger charge is -2.05. The van der Waals surface area contributed by atoms with Crippen LogP contribution in [0.25, 0.3) is 10.9 Å². The van der Waals surface area contributed by atoms with E-state index >= 15 is 0 Å². The highest BCUT2D eigenvalue weighted by molar-refractivity contribution is 5.87. The molecule has 1 aromatic heterocycles. The minimum Gasteiger partial charge on any atom is -0.494 e. The zero-order chi connectivity index (χ0) is 9.26. The van der Waals surface area contributed by atoms with Gasteiger partial charge < -0.3 is 4.74 Å². The molecule has 0 aliphatic heterocycles. The molecule has 0 aliphatic rings. The molecule has 0 amide bonds. The molecule has 0 N–H and O–H groups in total. The molecule has 0 bridgehead atoms. The Morgan fingerprint density at radius 1 is 1.23 bits per heavy atom. The number of hydrogen-bond acceptors (Lipinski definition) is 2. The van der Waals surface area contributed by atoms with Crippen LogP contribution in [0.5, 0.6) is 5.75 Å². The first-order valence-electron chi connectivity index (χ1n) is 4.21. The highest BCUT2D eigenvalue weighted by Gasteiger charge is 2.02. The largest absolute Gasteiger partial charge is 0.494 e. The molecular formula is C11H11NO. The van der Waals surface area contributed by atoms with Crippen LogP contribution < -0.4 is 4.74 Å². The predicted octanol–water partition coefficient (Wildman–Crippen LogP) is 2.55. The van der Waals surface area contributed by atoms with Crippen molar-refractivity contribution in [3.05, 3.63) is 36.0 Å². The van der Waals surface area contributed by atoms with E-state index in [0.717, 1.165) is 16.7 Å². The first-order chi connectivity index (χ1) is 6.33. The Morgan fingerprint density at radius 2 is 2.08 bits per heavy atom. The molecule has 0 fully saturated rings. The Labute approximate surface area is 77.2 Å². The molecule has 0 saturated carbocycles. The van der Waals surface area contributed by atoms with Gasteiger partial charge in [0.2, 0.25) is 0 Å². The number of pyridine rings is 1. The van der Waals surface area contributed by atoms with Crippen LogP contribution in [0.1, 0.15) is 5.56 Å². The third-order valence-electron chi connectivity index (χ3n) is 2.17. The lowest BCUT2D eigenvalue weighted by atomic mass is 10.1. The van der Waals surface area contributed by atoms with E-state index in [1.807, 2.05) is 18.2 Å². The van der Waals surface area contributed by atoms with Crippen LogP contribution in [0.15, 0.2) is 30.5 Å². The number of aromatic nitrogens is 1. The van der Waals surface area contributed by atoms with Gasteiger partial charge in [-0.3, -0.25) is 4.98 Å². The van der Waals surface area contributed by atoms with E-state index in [9.17, 15) is 0 Å². The van der Waals surface area contributed by atoms with Crippen molar-refractivity contribution >= 4 is 10.9 Å². The van der Waals surface area contributed by atoms with Gasteiger partial charge in [0.05, 0.1) is 7.11 Å². The zero-order valence-corrected chi connectivity index (χ0v) is 7.74. The Morgan fingerprint density at radius 3 is 2.85 bits per heavy atom. The first kappa shape index (κ1) is 8.05. The third kappa shape index (κ3) is 1.24. The summed E-state index contributed by atoms with van der Waals surface area (Å²) in [4.78, 5) is 4.29. The number of rotatable bonds is 1. The van der Waals surface area contributed by atoms with Gasteiger partial charge in [0, 0.05) is 11.6 Å². The number of ether oxygens (including phenoxy) is 1. The summed E-state index contributed by atoms with van der Waals surface area (Å²) >= 11 is 0. The van der Waals surface area contributed by atoms with Crippen molar-refractivity contribution in [2.24, 2.45) is 0 Å². The average Bonchev–Trinajstić information content (AvgIpc) is 2.19. The topological polar surface area (TPSA) is 22.1 Å². The molecule has 1 aromatic carbocycles. The summed E-state index contributed by atoms with van der Waals surface area (Å²) in [6.07, 6.45) is 1.78. The molecule has 0 aliphatic carbocycles. The van der Waals surface area contributed by atoms with Crippen molar-refractivity contribution in [3.63, 3.8) is 0 Å². The van der Waals surface area contributed by atoms with Crippen molar-refractivity contribution < 1.29 is 4.74 Å². The second-order valence-electron chi connectivity index (χ2n) is 2.98. The molecule has 1 heterocycles. The summed E-state index contributed by atoms with van der Waals surface area (Å²) < 4.78 is 5.22. The fourth-order valence-corrected chi connectivity index (χ4v) is 1.45. The number of methoxy groups -OCH3 is 1. The molecular weight excluding hydrogens is 162 g/mol. The van der Waals surface area contributed by atoms with Crippen LogP contribution in [0.3, 0.4) is 0 Å². The monoisotopic (exact) mass is 173 g/mol. The Hall–Kier alpha value is -1.57. The maximum absolute atomic E-state index is 5.22. The molecule has 2 aromatic rings. The van der Waals surface area contributed by atoms with Crippen molar-refractivity contribution in [3.8, 4) is 5.75 Å². The van der Waals surface area contributed by atoms with Gasteiger partial charge in [0.25, 0.3) is 0 Å². The van der Waals surface area contributed by atoms with E-state index in [0.29, 0.717) is 0 Å². The summed E-state index contributed by atoms with van der Waals surface area (Å²) in [5, 5.41) is 1.15. The molecule has 0 unspecified atom stereocenters. The van der Waals surface area contributed by atoms with E-state index in [2.05, 4.69) is 18.0 Å². The normalized spacial score (nSPS) is 10.3. The Kier molecular flexibility index (Phi) is 1.89. The molecule has 0 radical (unpaired) electrons. The Balaban J connectivity index is 2.84. The quantitative estimate of drug-likeness (QED) is 0.661. The summed E-state index contributed by atoms with van der Waals surface area (Å²) in [6, 6.07) is 7.99. The average molecular weight is 173 g/mol. The second kappa shape index (κ2) is 3.05. The maximum atomic E-state index is 5.22. The first-order valence-corrected chi connectivity index (χ1v) is 4.21. The molecule has 2 nitrogen and oxygen atoms in total. The highest BCUT2D eigenvalue weighted by Crippen LogP contribution is 2.25. The second-order valence-corrected chi connectivity index (χ2v) is 2.98. The van der Waals surface area contributed by atoms with Gasteiger partial charge in [0.1, 0.15) is 11.3 Å². The number of benzene rings is 1. The van der Waals surface area contributed by atoms with E-state index < -0.39 is 0 Å². The van der Waals surface area contributed by atoms with Gasteiger partial charge in [-0.05, 0) is 24.6 Å². The molecule has 0 spiro atoms. The molecule has 66 valence electrons. The lowest BCUT2D eigenvalue weighted by molar-refractivity contribution is 0.419. The van der Waals surface area contributed by atoms with Crippen molar-refractivity contribution in [2.75, 3.05) is 7.11 Å². The maximum Gasteiger partial charge on any atom is 0.145 e. The zero-order valence-electron chi connectivity index (χ0n) is 7.74. The van der Waals surface area contributed by atoms with Crippen LogP contribution in [0, 0.1) is 6.92 Å². The van der Waals surface area contributed by atoms with E-state index in [4.69, 9.17) is 4.74 Å². The van der Waals surface area contributed by atoms with E-state index in [-0.39, 0.29) is 0 Å². The minimum atomic E-state index is 0.834. The fourth-order valence-electron chi connectivity index (χ4n) is 1.45. The van der Waals surface area contributed by atoms with Gasteiger partial charge in [-0.1, -0.05) is 12.1 Å². The smallest absolute Gasteiger partial charge is 0.145 e. The highest BCUT2D eigenvalue weighted by atomic mass is 16.5. The number of fused-ring (bicyclic) bond motifs is 1. The molecule has 2 rings (SSSR count). The molecule has 0 saturated heterocycles. The fraction of sp³-hybridized carbons (Fsp3) is 0.182. The van der Waals surface area contributed by atoms with Gasteiger partial charge in [-0.25, -0.2) is 0 Å². The van der Waals surface area contributed by atoms with Crippen molar-refractivity contribution in [2.45, 2.75) is 6.92 Å². The number of aryl methyl sites for hydroxylation is 1. The molecule has 0 atom stereocenters. The SMILES string of the molecule is COc1ccc(C)c2cccnc12. The summed E-state index contributed by atoms with van der Waals surface area (Å²) in [5.41, 5.74) is 2.16. The number of nitrogens with zero attached hydrogens (tertiary/aromatic N) is 1. The van der Waals surface area contributed by atoms with Gasteiger partial charge in [0.15, 0.2) is 0 Å². The van der Waals surface area contributed by atoms with Crippen LogP contribution in [0.2, 0.25) is 0 Å². The van der Waals surface area contributed by atoms with Crippen LogP contribution in [0.4, 0.5) is 0 Å². The van der Waals surface area contributed by atoms with Crippen molar-refractivity contribution in [1.29, 1.82) is 0 Å². The van der Waals surface area contributed by atoms with Gasteiger partial charge in [-0.15, -0.1) is 0 Å². The van der Waals surface area contributed by atoms with Gasteiger partial charge in [-0.2, -0.15) is 0 Å². The van der Waals surface area contributed by atoms with Crippen LogP contribution in [-0.2, 0) is 0 Å². The van der Waals surface area contributed by atoms with Crippen LogP contribution >= 0.6 is 0 Å².